The van der Waals surface area contributed by atoms with Gasteiger partial charge in [0.05, 0.1) is 30.5 Å². The molecule has 6 nitrogen and oxygen atoms in total. The van der Waals surface area contributed by atoms with Crippen molar-refractivity contribution in [2.45, 2.75) is 32.0 Å². The lowest BCUT2D eigenvalue weighted by Crippen LogP contribution is -2.36. The molecule has 0 amide bonds. The molecule has 0 spiro atoms. The summed E-state index contributed by atoms with van der Waals surface area (Å²) in [5.41, 5.74) is 3.40. The summed E-state index contributed by atoms with van der Waals surface area (Å²) in [7, 11) is 1.39. The average molecular weight is 421 g/mol. The van der Waals surface area contributed by atoms with Crippen molar-refractivity contribution >= 4 is 23.3 Å². The minimum Gasteiger partial charge on any atom is -0.465 e. The highest BCUT2D eigenvalue weighted by Crippen LogP contribution is 2.40. The van der Waals surface area contributed by atoms with Gasteiger partial charge in [0, 0.05) is 29.8 Å². The number of rotatable bonds is 5. The van der Waals surface area contributed by atoms with Crippen LogP contribution in [0.15, 0.2) is 67.0 Å². The van der Waals surface area contributed by atoms with Gasteiger partial charge in [0.1, 0.15) is 0 Å². The first-order chi connectivity index (χ1) is 14.5. The van der Waals surface area contributed by atoms with Crippen molar-refractivity contribution in [2.24, 2.45) is 0 Å². The summed E-state index contributed by atoms with van der Waals surface area (Å²) in [6, 6.07) is 17.5. The zero-order valence-corrected chi connectivity index (χ0v) is 18.0. The van der Waals surface area contributed by atoms with E-state index in [1.165, 1.54) is 7.11 Å². The van der Waals surface area contributed by atoms with Crippen molar-refractivity contribution in [3.05, 3.63) is 83.9 Å². The molecule has 0 saturated carbocycles. The van der Waals surface area contributed by atoms with Crippen molar-refractivity contribution < 1.29 is 9.53 Å². The minimum absolute atomic E-state index is 0.0517. The van der Waals surface area contributed by atoms with Crippen LogP contribution in [-0.2, 0) is 4.74 Å². The molecule has 7 heteroatoms. The molecule has 3 heterocycles. The second kappa shape index (κ2) is 8.28. The minimum atomic E-state index is -0.357. The lowest BCUT2D eigenvalue weighted by atomic mass is 10.00. The van der Waals surface area contributed by atoms with E-state index >= 15 is 0 Å². The maximum atomic E-state index is 12.0. The fourth-order valence-electron chi connectivity index (χ4n) is 4.01. The number of pyridine rings is 1. The Kier molecular flexibility index (Phi) is 5.55. The van der Waals surface area contributed by atoms with E-state index in [-0.39, 0.29) is 24.1 Å². The van der Waals surface area contributed by atoms with Gasteiger partial charge < -0.3 is 19.5 Å². The highest BCUT2D eigenvalue weighted by molar-refractivity contribution is 7.80. The highest BCUT2D eigenvalue weighted by Gasteiger charge is 2.42. The Balaban J connectivity index is 1.82. The van der Waals surface area contributed by atoms with Gasteiger partial charge in [-0.3, -0.25) is 4.98 Å². The van der Waals surface area contributed by atoms with Crippen LogP contribution >= 0.6 is 12.2 Å². The van der Waals surface area contributed by atoms with Crippen LogP contribution in [0.25, 0.3) is 5.69 Å². The summed E-state index contributed by atoms with van der Waals surface area (Å²) < 4.78 is 6.98. The number of hydrogen-bond acceptors (Lipinski definition) is 4. The van der Waals surface area contributed by atoms with Crippen LogP contribution in [0.2, 0.25) is 0 Å². The number of aromatic nitrogens is 2. The number of benzene rings is 1. The van der Waals surface area contributed by atoms with Gasteiger partial charge in [0.15, 0.2) is 5.11 Å². The van der Waals surface area contributed by atoms with E-state index in [0.29, 0.717) is 10.7 Å². The predicted octanol–water partition coefficient (Wildman–Crippen LogP) is 4.04. The second-order valence-electron chi connectivity index (χ2n) is 7.47. The smallest absolute Gasteiger partial charge is 0.337 e. The van der Waals surface area contributed by atoms with Gasteiger partial charge >= 0.3 is 5.97 Å². The summed E-state index contributed by atoms with van der Waals surface area (Å²) in [4.78, 5) is 18.8. The van der Waals surface area contributed by atoms with Crippen molar-refractivity contribution in [1.82, 2.24) is 19.8 Å². The summed E-state index contributed by atoms with van der Waals surface area (Å²) in [6.45, 7) is 4.26. The molecule has 0 aliphatic carbocycles. The van der Waals surface area contributed by atoms with E-state index in [1.54, 1.807) is 12.3 Å². The highest BCUT2D eigenvalue weighted by atomic mass is 32.1. The summed E-state index contributed by atoms with van der Waals surface area (Å²) in [6.07, 6.45) is 3.80. The van der Waals surface area contributed by atoms with Crippen LogP contribution in [0.3, 0.4) is 0 Å². The molecule has 30 heavy (non-hydrogen) atoms. The van der Waals surface area contributed by atoms with Crippen LogP contribution in [0, 0.1) is 0 Å². The van der Waals surface area contributed by atoms with Gasteiger partial charge in [-0.25, -0.2) is 4.79 Å². The number of methoxy groups -OCH3 is 1. The van der Waals surface area contributed by atoms with E-state index in [2.05, 4.69) is 39.7 Å². The van der Waals surface area contributed by atoms with E-state index < -0.39 is 0 Å². The number of nitrogens with zero attached hydrogens (tertiary/aromatic N) is 3. The molecule has 0 radical (unpaired) electrons. The Morgan fingerprint density at radius 2 is 2.00 bits per heavy atom. The summed E-state index contributed by atoms with van der Waals surface area (Å²) in [5, 5.41) is 4.17. The first kappa shape index (κ1) is 20.1. The van der Waals surface area contributed by atoms with Gasteiger partial charge in [0.25, 0.3) is 0 Å². The topological polar surface area (TPSA) is 59.4 Å². The summed E-state index contributed by atoms with van der Waals surface area (Å²) >= 11 is 5.69. The molecule has 1 aromatic carbocycles. The molecule has 1 aliphatic heterocycles. The third kappa shape index (κ3) is 3.57. The Morgan fingerprint density at radius 3 is 2.70 bits per heavy atom. The van der Waals surface area contributed by atoms with Gasteiger partial charge in [0.2, 0.25) is 0 Å². The van der Waals surface area contributed by atoms with Gasteiger partial charge in [-0.2, -0.15) is 0 Å². The molecule has 1 aliphatic rings. The van der Waals surface area contributed by atoms with E-state index in [4.69, 9.17) is 17.0 Å². The fraction of sp³-hybridized carbons (Fsp3) is 0.261. The van der Waals surface area contributed by atoms with Crippen molar-refractivity contribution in [3.8, 4) is 5.69 Å². The molecule has 1 fully saturated rings. The molecule has 2 aromatic heterocycles. The van der Waals surface area contributed by atoms with E-state index in [1.807, 2.05) is 48.7 Å². The lowest BCUT2D eigenvalue weighted by Gasteiger charge is -2.31. The molecular weight excluding hydrogens is 396 g/mol. The molecule has 154 valence electrons. The first-order valence-corrected chi connectivity index (χ1v) is 10.3. The van der Waals surface area contributed by atoms with Crippen molar-refractivity contribution in [2.75, 3.05) is 7.11 Å². The zero-order valence-electron chi connectivity index (χ0n) is 17.1. The molecular formula is C23H24N4O2S. The van der Waals surface area contributed by atoms with Crippen LogP contribution < -0.4 is 5.32 Å². The molecule has 4 rings (SSSR count). The molecule has 0 unspecified atom stereocenters. The van der Waals surface area contributed by atoms with Crippen molar-refractivity contribution in [3.63, 3.8) is 0 Å². The summed E-state index contributed by atoms with van der Waals surface area (Å²) in [5.74, 6) is -0.357. The van der Waals surface area contributed by atoms with E-state index in [0.717, 1.165) is 17.1 Å². The maximum absolute atomic E-state index is 12.0. The Bertz CT molecular complexity index is 1060. The van der Waals surface area contributed by atoms with Crippen LogP contribution in [0.4, 0.5) is 0 Å². The third-order valence-electron chi connectivity index (χ3n) is 5.32. The second-order valence-corrected chi connectivity index (χ2v) is 7.86. The quantitative estimate of drug-likeness (QED) is 0.497. The van der Waals surface area contributed by atoms with Gasteiger partial charge in [-0.05, 0) is 68.5 Å². The molecule has 1 saturated heterocycles. The number of hydrogen-bond donors (Lipinski definition) is 1. The van der Waals surface area contributed by atoms with Crippen molar-refractivity contribution in [1.29, 1.82) is 0 Å². The number of thiocarbonyl (C=S) groups is 1. The van der Waals surface area contributed by atoms with Crippen LogP contribution in [0.5, 0.6) is 0 Å². The largest absolute Gasteiger partial charge is 0.465 e. The van der Waals surface area contributed by atoms with Gasteiger partial charge in [-0.1, -0.05) is 12.1 Å². The molecule has 2 atom stereocenters. The monoisotopic (exact) mass is 420 g/mol. The number of ether oxygens (including phenoxy) is 1. The third-order valence-corrected chi connectivity index (χ3v) is 5.65. The number of carbonyl (C=O) groups is 1. The standard InChI is InChI=1S/C23H24N4O2S/c1-15(2)27-21(20(25-23(27)30)18-10-4-5-12-24-18)19-11-7-13-26(19)17-9-6-8-16(14-17)22(28)29-3/h4-15,20-21H,1-3H3,(H,25,30)/t20-,21+/m1/s1. The maximum Gasteiger partial charge on any atom is 0.337 e. The lowest BCUT2D eigenvalue weighted by molar-refractivity contribution is 0.0600. The molecule has 0 bridgehead atoms. The zero-order chi connectivity index (χ0) is 21.3. The Morgan fingerprint density at radius 1 is 1.17 bits per heavy atom. The SMILES string of the molecule is COC(=O)c1cccc(-n2cccc2[C@H]2[C@@H](c3ccccn3)NC(=S)N2C(C)C)c1. The van der Waals surface area contributed by atoms with Crippen LogP contribution in [0.1, 0.15) is 47.7 Å². The Hall–Kier alpha value is -3.19. The molecule has 1 N–H and O–H groups in total. The Labute approximate surface area is 181 Å². The number of nitrogens with one attached hydrogen (secondary N) is 1. The van der Waals surface area contributed by atoms with Gasteiger partial charge in [-0.15, -0.1) is 0 Å². The van der Waals surface area contributed by atoms with E-state index in [9.17, 15) is 4.79 Å². The first-order valence-electron chi connectivity index (χ1n) is 9.87. The van der Waals surface area contributed by atoms with Crippen LogP contribution in [-0.4, -0.2) is 38.7 Å². The fourth-order valence-corrected chi connectivity index (χ4v) is 4.46. The number of carbonyl (C=O) groups excluding carboxylic acids is 1. The normalized spacial score (nSPS) is 18.5. The number of esters is 1. The predicted molar refractivity (Wildman–Crippen MR) is 120 cm³/mol. The molecule has 3 aromatic rings. The average Bonchev–Trinajstić information content (AvgIpc) is 3.38.